The lowest BCUT2D eigenvalue weighted by molar-refractivity contribution is 0.383. The Morgan fingerprint density at radius 3 is 2.80 bits per heavy atom. The second-order valence-electron chi connectivity index (χ2n) is 5.34. The van der Waals surface area contributed by atoms with E-state index in [4.69, 9.17) is 11.6 Å². The van der Waals surface area contributed by atoms with E-state index < -0.39 is 10.0 Å². The molecule has 2 unspecified atom stereocenters. The van der Waals surface area contributed by atoms with E-state index in [0.717, 1.165) is 19.3 Å². The largest absolute Gasteiger partial charge is 0.310 e. The first kappa shape index (κ1) is 14.8. The van der Waals surface area contributed by atoms with E-state index in [0.29, 0.717) is 23.6 Å². The van der Waals surface area contributed by atoms with E-state index in [1.54, 1.807) is 22.5 Å². The maximum absolute atomic E-state index is 12.8. The molecule has 0 aliphatic carbocycles. The van der Waals surface area contributed by atoms with Crippen molar-refractivity contribution in [2.24, 2.45) is 0 Å². The zero-order valence-electron chi connectivity index (χ0n) is 10.9. The summed E-state index contributed by atoms with van der Waals surface area (Å²) in [5.74, 6) is 0. The minimum atomic E-state index is -3.53. The highest BCUT2D eigenvalue weighted by atomic mass is 79.9. The van der Waals surface area contributed by atoms with Crippen LogP contribution in [0.15, 0.2) is 27.6 Å². The average Bonchev–Trinajstić information content (AvgIpc) is 2.71. The highest BCUT2D eigenvalue weighted by molar-refractivity contribution is 9.10. The average molecular weight is 380 g/mol. The summed E-state index contributed by atoms with van der Waals surface area (Å²) < 4.78 is 27.7. The maximum atomic E-state index is 12.8. The van der Waals surface area contributed by atoms with Gasteiger partial charge in [-0.2, -0.15) is 4.31 Å². The summed E-state index contributed by atoms with van der Waals surface area (Å²) in [7, 11) is -3.53. The maximum Gasteiger partial charge on any atom is 0.244 e. The molecule has 1 aromatic carbocycles. The normalized spacial score (nSPS) is 27.5. The van der Waals surface area contributed by atoms with Crippen LogP contribution in [0, 0.1) is 0 Å². The number of hydrogen-bond acceptors (Lipinski definition) is 3. The lowest BCUT2D eigenvalue weighted by Gasteiger charge is -2.24. The van der Waals surface area contributed by atoms with E-state index in [1.807, 2.05) is 0 Å². The van der Waals surface area contributed by atoms with Gasteiger partial charge in [-0.3, -0.25) is 0 Å². The molecule has 0 radical (unpaired) electrons. The van der Waals surface area contributed by atoms with Crippen molar-refractivity contribution in [1.29, 1.82) is 0 Å². The number of fused-ring (bicyclic) bond motifs is 2. The Balaban J connectivity index is 1.93. The van der Waals surface area contributed by atoms with Crippen LogP contribution in [0.25, 0.3) is 0 Å². The zero-order chi connectivity index (χ0) is 14.3. The fourth-order valence-electron chi connectivity index (χ4n) is 2.95. The van der Waals surface area contributed by atoms with Crippen LogP contribution in [0.3, 0.4) is 0 Å². The Morgan fingerprint density at radius 1 is 1.25 bits per heavy atom. The third kappa shape index (κ3) is 2.64. The van der Waals surface area contributed by atoms with Crippen LogP contribution < -0.4 is 5.32 Å². The lowest BCUT2D eigenvalue weighted by Crippen LogP contribution is -2.39. The van der Waals surface area contributed by atoms with Crippen molar-refractivity contribution in [1.82, 2.24) is 9.62 Å². The predicted molar refractivity (Wildman–Crippen MR) is 82.5 cm³/mol. The van der Waals surface area contributed by atoms with Crippen molar-refractivity contribution in [3.63, 3.8) is 0 Å². The second kappa shape index (κ2) is 5.57. The van der Waals surface area contributed by atoms with Crippen LogP contribution in [0.4, 0.5) is 0 Å². The molecular weight excluding hydrogens is 364 g/mol. The molecule has 0 spiro atoms. The molecular formula is C13H16BrClN2O2S. The van der Waals surface area contributed by atoms with E-state index in [-0.39, 0.29) is 16.0 Å². The fraction of sp³-hybridized carbons (Fsp3) is 0.538. The van der Waals surface area contributed by atoms with Gasteiger partial charge in [-0.1, -0.05) is 17.7 Å². The standard InChI is InChI=1S/C13H16BrClN2O2S/c14-11-2-1-3-12(13(11)15)20(18,19)17-7-6-9-4-5-10(8-17)16-9/h1-3,9-10,16H,4-8H2. The Morgan fingerprint density at radius 2 is 2.00 bits per heavy atom. The summed E-state index contributed by atoms with van der Waals surface area (Å²) in [6.07, 6.45) is 3.06. The summed E-state index contributed by atoms with van der Waals surface area (Å²) in [4.78, 5) is 0.186. The second-order valence-corrected chi connectivity index (χ2v) is 8.48. The summed E-state index contributed by atoms with van der Waals surface area (Å²) in [5, 5.41) is 3.74. The van der Waals surface area contributed by atoms with Gasteiger partial charge in [-0.25, -0.2) is 8.42 Å². The number of benzene rings is 1. The summed E-state index contributed by atoms with van der Waals surface area (Å²) in [6.45, 7) is 1.08. The van der Waals surface area contributed by atoms with Gasteiger partial charge < -0.3 is 5.32 Å². The van der Waals surface area contributed by atoms with Gasteiger partial charge in [-0.15, -0.1) is 0 Å². The third-order valence-corrected chi connectivity index (χ3v) is 7.34. The lowest BCUT2D eigenvalue weighted by atomic mass is 10.1. The Hall–Kier alpha value is -0.140. The van der Waals surface area contributed by atoms with Crippen molar-refractivity contribution >= 4 is 37.6 Å². The van der Waals surface area contributed by atoms with E-state index in [9.17, 15) is 8.42 Å². The van der Waals surface area contributed by atoms with Crippen molar-refractivity contribution in [2.75, 3.05) is 13.1 Å². The van der Waals surface area contributed by atoms with Gasteiger partial charge in [0.05, 0.1) is 5.02 Å². The molecule has 2 bridgehead atoms. The Bertz CT molecular complexity index is 623. The molecule has 2 fully saturated rings. The molecule has 7 heteroatoms. The summed E-state index contributed by atoms with van der Waals surface area (Å²) in [5.41, 5.74) is 0. The fourth-order valence-corrected chi connectivity index (χ4v) is 5.45. The van der Waals surface area contributed by atoms with Crippen molar-refractivity contribution in [3.05, 3.63) is 27.7 Å². The van der Waals surface area contributed by atoms with Crippen LogP contribution >= 0.6 is 27.5 Å². The number of sulfonamides is 1. The molecule has 2 atom stereocenters. The Kier molecular flexibility index (Phi) is 4.12. The number of halogens is 2. The monoisotopic (exact) mass is 378 g/mol. The van der Waals surface area contributed by atoms with E-state index >= 15 is 0 Å². The van der Waals surface area contributed by atoms with Crippen molar-refractivity contribution < 1.29 is 8.42 Å². The van der Waals surface area contributed by atoms with Gasteiger partial charge in [-0.05, 0) is 47.3 Å². The SMILES string of the molecule is O=S(=O)(c1cccc(Br)c1Cl)N1CCC2CCC(C1)N2. The van der Waals surface area contributed by atoms with Crippen LogP contribution in [-0.2, 0) is 10.0 Å². The molecule has 0 aromatic heterocycles. The molecule has 1 aromatic rings. The molecule has 2 aliphatic rings. The number of hydrogen-bond donors (Lipinski definition) is 1. The van der Waals surface area contributed by atoms with Gasteiger partial charge in [0.1, 0.15) is 4.90 Å². The summed E-state index contributed by atoms with van der Waals surface area (Å²) in [6, 6.07) is 5.73. The molecule has 1 N–H and O–H groups in total. The van der Waals surface area contributed by atoms with Gasteiger partial charge in [0.25, 0.3) is 0 Å². The van der Waals surface area contributed by atoms with Crippen LogP contribution in [-0.4, -0.2) is 37.9 Å². The quantitative estimate of drug-likeness (QED) is 0.859. The molecule has 110 valence electrons. The van der Waals surface area contributed by atoms with E-state index in [2.05, 4.69) is 21.2 Å². The molecule has 4 nitrogen and oxygen atoms in total. The van der Waals surface area contributed by atoms with Gasteiger partial charge in [0.2, 0.25) is 10.0 Å². The smallest absolute Gasteiger partial charge is 0.244 e. The number of nitrogens with one attached hydrogen (secondary N) is 1. The third-order valence-electron chi connectivity index (χ3n) is 4.02. The summed E-state index contributed by atoms with van der Waals surface area (Å²) >= 11 is 9.43. The Labute approximate surface area is 132 Å². The highest BCUT2D eigenvalue weighted by Gasteiger charge is 2.35. The van der Waals surface area contributed by atoms with Gasteiger partial charge >= 0.3 is 0 Å². The highest BCUT2D eigenvalue weighted by Crippen LogP contribution is 2.32. The number of rotatable bonds is 2. The first-order chi connectivity index (χ1) is 9.48. The van der Waals surface area contributed by atoms with Crippen LogP contribution in [0.5, 0.6) is 0 Å². The van der Waals surface area contributed by atoms with Gasteiger partial charge in [0, 0.05) is 29.6 Å². The molecule has 2 heterocycles. The van der Waals surface area contributed by atoms with Crippen molar-refractivity contribution in [2.45, 2.75) is 36.2 Å². The molecule has 3 rings (SSSR count). The van der Waals surface area contributed by atoms with Crippen molar-refractivity contribution in [3.8, 4) is 0 Å². The first-order valence-electron chi connectivity index (χ1n) is 6.68. The van der Waals surface area contributed by atoms with Crippen LogP contribution in [0.2, 0.25) is 5.02 Å². The minimum Gasteiger partial charge on any atom is -0.310 e. The van der Waals surface area contributed by atoms with E-state index in [1.165, 1.54) is 0 Å². The topological polar surface area (TPSA) is 49.4 Å². The minimum absolute atomic E-state index is 0.186. The first-order valence-corrected chi connectivity index (χ1v) is 9.30. The zero-order valence-corrected chi connectivity index (χ0v) is 14.0. The van der Waals surface area contributed by atoms with Crippen LogP contribution in [0.1, 0.15) is 19.3 Å². The van der Waals surface area contributed by atoms with Gasteiger partial charge in [0.15, 0.2) is 0 Å². The molecule has 2 aliphatic heterocycles. The number of nitrogens with zero attached hydrogens (tertiary/aromatic N) is 1. The molecule has 0 saturated carbocycles. The molecule has 2 saturated heterocycles. The molecule has 0 amide bonds. The molecule has 20 heavy (non-hydrogen) atoms. The predicted octanol–water partition coefficient (Wildman–Crippen LogP) is 2.62.